The summed E-state index contributed by atoms with van der Waals surface area (Å²) in [6.45, 7) is 0. The number of rotatable bonds is 4. The predicted molar refractivity (Wildman–Crippen MR) is 71.6 cm³/mol. The molecular formula is C13H11Cl2NO2. The summed E-state index contributed by atoms with van der Waals surface area (Å²) in [5.74, 6) is -0.948. The first-order valence-corrected chi connectivity index (χ1v) is 6.16. The average molecular weight is 284 g/mol. The second kappa shape index (κ2) is 5.46. The largest absolute Gasteiger partial charge is 0.477 e. The maximum atomic E-state index is 10.7. The normalized spacial score (nSPS) is 10.6. The summed E-state index contributed by atoms with van der Waals surface area (Å²) in [5.41, 5.74) is 2.24. The third-order valence-corrected chi connectivity index (χ3v) is 3.40. The van der Waals surface area contributed by atoms with E-state index in [4.69, 9.17) is 28.3 Å². The van der Waals surface area contributed by atoms with Crippen LogP contribution in [0.25, 0.3) is 0 Å². The van der Waals surface area contributed by atoms with Gasteiger partial charge in [0.15, 0.2) is 0 Å². The fraction of sp³-hybridized carbons (Fsp3) is 0.154. The molecule has 2 rings (SSSR count). The van der Waals surface area contributed by atoms with E-state index in [9.17, 15) is 4.79 Å². The van der Waals surface area contributed by atoms with Crippen molar-refractivity contribution in [1.82, 2.24) is 4.98 Å². The van der Waals surface area contributed by atoms with Gasteiger partial charge in [-0.15, -0.1) is 0 Å². The number of H-pyrrole nitrogens is 1. The minimum absolute atomic E-state index is 0.208. The lowest BCUT2D eigenvalue weighted by molar-refractivity contribution is 0.0691. The van der Waals surface area contributed by atoms with Crippen molar-refractivity contribution in [3.8, 4) is 0 Å². The van der Waals surface area contributed by atoms with Crippen LogP contribution in [-0.4, -0.2) is 16.1 Å². The molecule has 0 fully saturated rings. The number of carboxylic acids is 1. The Morgan fingerprint density at radius 1 is 1.11 bits per heavy atom. The van der Waals surface area contributed by atoms with Crippen molar-refractivity contribution in [1.29, 1.82) is 0 Å². The second-order valence-corrected chi connectivity index (χ2v) is 4.79. The first-order valence-electron chi connectivity index (χ1n) is 5.41. The van der Waals surface area contributed by atoms with Crippen LogP contribution in [0.4, 0.5) is 0 Å². The van der Waals surface area contributed by atoms with Crippen LogP contribution in [0, 0.1) is 0 Å². The van der Waals surface area contributed by atoms with E-state index in [1.807, 2.05) is 12.1 Å². The number of carboxylic acid groups (broad SMARTS) is 1. The Labute approximate surface area is 114 Å². The Bertz CT molecular complexity index is 578. The number of hydrogen-bond donors (Lipinski definition) is 2. The fourth-order valence-electron chi connectivity index (χ4n) is 1.69. The van der Waals surface area contributed by atoms with E-state index in [-0.39, 0.29) is 5.69 Å². The van der Waals surface area contributed by atoms with Crippen LogP contribution in [0.5, 0.6) is 0 Å². The van der Waals surface area contributed by atoms with Gasteiger partial charge in [-0.1, -0.05) is 29.3 Å². The molecule has 0 saturated carbocycles. The molecular weight excluding hydrogens is 273 g/mol. The third kappa shape index (κ3) is 3.06. The molecule has 94 valence electrons. The van der Waals surface area contributed by atoms with Gasteiger partial charge < -0.3 is 10.1 Å². The molecule has 1 heterocycles. The molecule has 0 amide bonds. The number of nitrogens with one attached hydrogen (secondary N) is 1. The summed E-state index contributed by atoms with van der Waals surface area (Å²) in [5, 5.41) is 9.86. The number of aryl methyl sites for hydroxylation is 2. The minimum Gasteiger partial charge on any atom is -0.477 e. The van der Waals surface area contributed by atoms with Crippen LogP contribution in [0.3, 0.4) is 0 Å². The number of hydrogen-bond acceptors (Lipinski definition) is 1. The summed E-state index contributed by atoms with van der Waals surface area (Å²) in [6, 6.07) is 7.15. The molecule has 2 aromatic rings. The fourth-order valence-corrected chi connectivity index (χ4v) is 2.01. The zero-order valence-corrected chi connectivity index (χ0v) is 10.9. The van der Waals surface area contributed by atoms with Gasteiger partial charge in [0.2, 0.25) is 0 Å². The molecule has 0 spiro atoms. The van der Waals surface area contributed by atoms with E-state index in [0.717, 1.165) is 24.0 Å². The zero-order chi connectivity index (χ0) is 13.1. The number of aromatic carboxylic acids is 1. The molecule has 2 N–H and O–H groups in total. The monoisotopic (exact) mass is 283 g/mol. The molecule has 0 radical (unpaired) electrons. The second-order valence-electron chi connectivity index (χ2n) is 3.98. The van der Waals surface area contributed by atoms with Crippen molar-refractivity contribution in [2.24, 2.45) is 0 Å². The summed E-state index contributed by atoms with van der Waals surface area (Å²) < 4.78 is 0. The van der Waals surface area contributed by atoms with Crippen molar-refractivity contribution in [2.75, 3.05) is 0 Å². The maximum Gasteiger partial charge on any atom is 0.352 e. The third-order valence-electron chi connectivity index (χ3n) is 2.66. The van der Waals surface area contributed by atoms with Crippen LogP contribution < -0.4 is 0 Å². The molecule has 0 aliphatic carbocycles. The quantitative estimate of drug-likeness (QED) is 0.897. The maximum absolute atomic E-state index is 10.7. The van der Waals surface area contributed by atoms with Crippen LogP contribution >= 0.6 is 23.2 Å². The van der Waals surface area contributed by atoms with Gasteiger partial charge in [0.1, 0.15) is 5.69 Å². The number of carbonyl (C=O) groups is 1. The van der Waals surface area contributed by atoms with Crippen molar-refractivity contribution < 1.29 is 9.90 Å². The molecule has 0 saturated heterocycles. The lowest BCUT2D eigenvalue weighted by Gasteiger charge is -2.02. The lowest BCUT2D eigenvalue weighted by atomic mass is 10.1. The molecule has 0 unspecified atom stereocenters. The molecule has 18 heavy (non-hydrogen) atoms. The van der Waals surface area contributed by atoms with Gasteiger partial charge in [-0.05, 0) is 42.2 Å². The lowest BCUT2D eigenvalue weighted by Crippen LogP contribution is -1.95. The molecule has 0 aliphatic heterocycles. The van der Waals surface area contributed by atoms with Gasteiger partial charge in [0.05, 0.1) is 10.0 Å². The Morgan fingerprint density at radius 3 is 2.44 bits per heavy atom. The minimum atomic E-state index is -0.948. The Balaban J connectivity index is 2.02. The van der Waals surface area contributed by atoms with Gasteiger partial charge in [-0.25, -0.2) is 4.79 Å². The number of benzene rings is 1. The highest BCUT2D eigenvalue weighted by Crippen LogP contribution is 2.23. The standard InChI is InChI=1S/C13H11Cl2NO2/c14-10-4-3-8(5-11(10)15)1-2-9-6-12(13(17)18)16-7-9/h3-7,16H,1-2H2,(H,17,18). The van der Waals surface area contributed by atoms with E-state index < -0.39 is 5.97 Å². The predicted octanol–water partition coefficient (Wildman–Crippen LogP) is 3.80. The van der Waals surface area contributed by atoms with Crippen LogP contribution in [0.15, 0.2) is 30.5 Å². The van der Waals surface area contributed by atoms with Crippen LogP contribution in [0.2, 0.25) is 10.0 Å². The number of aromatic nitrogens is 1. The van der Waals surface area contributed by atoms with E-state index in [1.165, 1.54) is 0 Å². The number of aromatic amines is 1. The van der Waals surface area contributed by atoms with E-state index >= 15 is 0 Å². The summed E-state index contributed by atoms with van der Waals surface area (Å²) in [4.78, 5) is 13.4. The molecule has 5 heteroatoms. The molecule has 0 atom stereocenters. The van der Waals surface area contributed by atoms with Gasteiger partial charge in [-0.2, -0.15) is 0 Å². The highest BCUT2D eigenvalue weighted by atomic mass is 35.5. The van der Waals surface area contributed by atoms with E-state index in [0.29, 0.717) is 10.0 Å². The van der Waals surface area contributed by atoms with Crippen molar-refractivity contribution in [2.45, 2.75) is 12.8 Å². The summed E-state index contributed by atoms with van der Waals surface area (Å²) in [7, 11) is 0. The molecule has 0 aliphatic rings. The SMILES string of the molecule is O=C(O)c1cc(CCc2ccc(Cl)c(Cl)c2)c[nH]1. The first kappa shape index (κ1) is 13.0. The molecule has 1 aromatic carbocycles. The summed E-state index contributed by atoms with van der Waals surface area (Å²) >= 11 is 11.8. The average Bonchev–Trinajstić information content (AvgIpc) is 2.79. The highest BCUT2D eigenvalue weighted by molar-refractivity contribution is 6.42. The van der Waals surface area contributed by atoms with Gasteiger partial charge in [0, 0.05) is 6.20 Å². The molecule has 3 nitrogen and oxygen atoms in total. The van der Waals surface area contributed by atoms with E-state index in [1.54, 1.807) is 18.3 Å². The van der Waals surface area contributed by atoms with Gasteiger partial charge in [-0.3, -0.25) is 0 Å². The van der Waals surface area contributed by atoms with Crippen molar-refractivity contribution >= 4 is 29.2 Å². The number of halogens is 2. The Kier molecular flexibility index (Phi) is 3.94. The summed E-state index contributed by atoms with van der Waals surface area (Å²) in [6.07, 6.45) is 3.25. The highest BCUT2D eigenvalue weighted by Gasteiger charge is 2.06. The van der Waals surface area contributed by atoms with E-state index in [2.05, 4.69) is 4.98 Å². The van der Waals surface area contributed by atoms with Crippen molar-refractivity contribution in [3.05, 3.63) is 57.3 Å². The Morgan fingerprint density at radius 2 is 1.83 bits per heavy atom. The van der Waals surface area contributed by atoms with Crippen LogP contribution in [-0.2, 0) is 12.8 Å². The van der Waals surface area contributed by atoms with Gasteiger partial charge >= 0.3 is 5.97 Å². The molecule has 0 bridgehead atoms. The smallest absolute Gasteiger partial charge is 0.352 e. The van der Waals surface area contributed by atoms with Crippen molar-refractivity contribution in [3.63, 3.8) is 0 Å². The topological polar surface area (TPSA) is 53.1 Å². The van der Waals surface area contributed by atoms with Gasteiger partial charge in [0.25, 0.3) is 0 Å². The zero-order valence-electron chi connectivity index (χ0n) is 9.41. The Hall–Kier alpha value is -1.45. The molecule has 1 aromatic heterocycles. The first-order chi connectivity index (χ1) is 8.56. The van der Waals surface area contributed by atoms with Crippen LogP contribution in [0.1, 0.15) is 21.6 Å².